The summed E-state index contributed by atoms with van der Waals surface area (Å²) in [6, 6.07) is 16.0. The first-order valence-corrected chi connectivity index (χ1v) is 7.62. The molecule has 1 aromatic heterocycles. The Morgan fingerprint density at radius 3 is 2.64 bits per heavy atom. The molecule has 0 bridgehead atoms. The predicted octanol–water partition coefficient (Wildman–Crippen LogP) is 2.25. The van der Waals surface area contributed by atoms with Crippen molar-refractivity contribution in [3.05, 3.63) is 60.3 Å². The molecule has 1 aliphatic heterocycles. The minimum atomic E-state index is -1.50. The summed E-state index contributed by atoms with van der Waals surface area (Å²) < 4.78 is 0. The molecule has 0 saturated carbocycles. The highest BCUT2D eigenvalue weighted by Crippen LogP contribution is 2.28. The van der Waals surface area contributed by atoms with Gasteiger partial charge in [0.05, 0.1) is 6.07 Å². The molecule has 1 aliphatic rings. The van der Waals surface area contributed by atoms with E-state index in [0.717, 1.165) is 5.56 Å². The number of carbonyl (C=O) groups excluding carboxylic acids is 2. The second kappa shape index (κ2) is 7.36. The maximum absolute atomic E-state index is 12.5. The van der Waals surface area contributed by atoms with E-state index in [9.17, 15) is 14.9 Å². The Bertz CT molecular complexity index is 844. The number of carbonyl (C=O) groups is 2. The van der Waals surface area contributed by atoms with E-state index in [1.165, 1.54) is 6.20 Å². The van der Waals surface area contributed by atoms with Crippen LogP contribution >= 0.6 is 0 Å². The zero-order valence-corrected chi connectivity index (χ0v) is 13.1. The number of oxime groups is 1. The van der Waals surface area contributed by atoms with E-state index in [2.05, 4.69) is 15.5 Å². The number of rotatable bonds is 5. The molecule has 3 rings (SSSR count). The molecule has 0 aliphatic carbocycles. The van der Waals surface area contributed by atoms with Crippen molar-refractivity contribution in [3.8, 4) is 6.07 Å². The second-order valence-corrected chi connectivity index (χ2v) is 5.38. The number of benzene rings is 1. The molecule has 0 saturated heterocycles. The third-order valence-electron chi connectivity index (χ3n) is 3.69. The lowest BCUT2D eigenvalue weighted by Gasteiger charge is -2.09. The monoisotopic (exact) mass is 334 g/mol. The molecule has 2 heterocycles. The fourth-order valence-electron chi connectivity index (χ4n) is 2.41. The van der Waals surface area contributed by atoms with Crippen molar-refractivity contribution in [1.29, 1.82) is 5.26 Å². The molecule has 1 amide bonds. The van der Waals surface area contributed by atoms with E-state index in [-0.39, 0.29) is 18.0 Å². The number of pyridine rings is 1. The van der Waals surface area contributed by atoms with Gasteiger partial charge in [0.25, 0.3) is 5.91 Å². The Morgan fingerprint density at radius 2 is 1.96 bits per heavy atom. The van der Waals surface area contributed by atoms with Crippen molar-refractivity contribution in [1.82, 2.24) is 4.98 Å². The maximum atomic E-state index is 12.5. The van der Waals surface area contributed by atoms with Gasteiger partial charge in [-0.1, -0.05) is 41.6 Å². The average Bonchev–Trinajstić information content (AvgIpc) is 3.14. The third-order valence-corrected chi connectivity index (χ3v) is 3.69. The Kier molecular flexibility index (Phi) is 4.81. The normalized spacial score (nSPS) is 16.9. The first-order chi connectivity index (χ1) is 12.2. The third kappa shape index (κ3) is 3.70. The quantitative estimate of drug-likeness (QED) is 0.844. The Labute approximate surface area is 143 Å². The summed E-state index contributed by atoms with van der Waals surface area (Å²) in [7, 11) is 0. The molecule has 0 fully saturated rings. The van der Waals surface area contributed by atoms with E-state index in [1.807, 2.05) is 30.3 Å². The van der Waals surface area contributed by atoms with E-state index < -0.39 is 23.7 Å². The zero-order chi connectivity index (χ0) is 17.6. The standard InChI is InChI=1S/C18H14N4O3/c19-11-13(18(24)21-16-8-4-5-9-20-16)17(23)14-10-15(25-22-14)12-6-2-1-3-7-12/h1-9,13,15H,10H2,(H,20,21,24)/t13-,15+/m0/s1. The molecule has 0 radical (unpaired) electrons. The van der Waals surface area contributed by atoms with Gasteiger partial charge in [-0.15, -0.1) is 0 Å². The van der Waals surface area contributed by atoms with Crippen LogP contribution in [0.2, 0.25) is 0 Å². The van der Waals surface area contributed by atoms with Crippen molar-refractivity contribution in [2.24, 2.45) is 11.1 Å². The summed E-state index contributed by atoms with van der Waals surface area (Å²) in [5, 5.41) is 15.5. The topological polar surface area (TPSA) is 104 Å². The lowest BCUT2D eigenvalue weighted by Crippen LogP contribution is -2.33. The van der Waals surface area contributed by atoms with Crippen LogP contribution in [0, 0.1) is 17.2 Å². The number of amides is 1. The number of nitriles is 1. The zero-order valence-electron chi connectivity index (χ0n) is 13.1. The molecule has 7 nitrogen and oxygen atoms in total. The Balaban J connectivity index is 1.67. The fraction of sp³-hybridized carbons (Fsp3) is 0.167. The highest BCUT2D eigenvalue weighted by molar-refractivity contribution is 6.45. The number of anilines is 1. The molecule has 7 heteroatoms. The lowest BCUT2D eigenvalue weighted by atomic mass is 9.96. The summed E-state index contributed by atoms with van der Waals surface area (Å²) in [6.45, 7) is 0. The highest BCUT2D eigenvalue weighted by Gasteiger charge is 2.35. The fourth-order valence-corrected chi connectivity index (χ4v) is 2.41. The first-order valence-electron chi connectivity index (χ1n) is 7.62. The molecule has 1 N–H and O–H groups in total. The van der Waals surface area contributed by atoms with E-state index in [1.54, 1.807) is 24.3 Å². The number of ketones is 1. The van der Waals surface area contributed by atoms with Crippen LogP contribution in [0.3, 0.4) is 0 Å². The van der Waals surface area contributed by atoms with Gasteiger partial charge < -0.3 is 10.2 Å². The van der Waals surface area contributed by atoms with Crippen molar-refractivity contribution < 1.29 is 14.4 Å². The van der Waals surface area contributed by atoms with Crippen LogP contribution in [0.5, 0.6) is 0 Å². The lowest BCUT2D eigenvalue weighted by molar-refractivity contribution is -0.125. The molecule has 2 aromatic rings. The van der Waals surface area contributed by atoms with Gasteiger partial charge in [0.1, 0.15) is 11.5 Å². The molecule has 2 atom stereocenters. The Hall–Kier alpha value is -3.53. The molecule has 124 valence electrons. The van der Waals surface area contributed by atoms with Crippen LogP contribution in [0.4, 0.5) is 5.82 Å². The second-order valence-electron chi connectivity index (χ2n) is 5.38. The molecule has 25 heavy (non-hydrogen) atoms. The van der Waals surface area contributed by atoms with Crippen molar-refractivity contribution in [3.63, 3.8) is 0 Å². The van der Waals surface area contributed by atoms with Gasteiger partial charge in [-0.05, 0) is 17.7 Å². The predicted molar refractivity (Wildman–Crippen MR) is 89.3 cm³/mol. The number of nitrogens with zero attached hydrogens (tertiary/aromatic N) is 3. The smallest absolute Gasteiger partial charge is 0.250 e. The van der Waals surface area contributed by atoms with Crippen LogP contribution in [0.25, 0.3) is 0 Å². The van der Waals surface area contributed by atoms with Gasteiger partial charge in [0.2, 0.25) is 5.78 Å². The largest absolute Gasteiger partial charge is 0.387 e. The summed E-state index contributed by atoms with van der Waals surface area (Å²) in [4.78, 5) is 33.9. The number of hydrogen-bond donors (Lipinski definition) is 1. The molecular formula is C18H14N4O3. The van der Waals surface area contributed by atoms with Crippen molar-refractivity contribution in [2.45, 2.75) is 12.5 Å². The van der Waals surface area contributed by atoms with Gasteiger partial charge in [-0.25, -0.2) is 4.98 Å². The van der Waals surface area contributed by atoms with E-state index >= 15 is 0 Å². The minimum Gasteiger partial charge on any atom is -0.387 e. The summed E-state index contributed by atoms with van der Waals surface area (Å²) >= 11 is 0. The van der Waals surface area contributed by atoms with E-state index in [4.69, 9.17) is 4.84 Å². The Morgan fingerprint density at radius 1 is 1.20 bits per heavy atom. The van der Waals surface area contributed by atoms with Crippen molar-refractivity contribution >= 4 is 23.2 Å². The average molecular weight is 334 g/mol. The van der Waals surface area contributed by atoms with Crippen LogP contribution < -0.4 is 5.32 Å². The molecular weight excluding hydrogens is 320 g/mol. The van der Waals surface area contributed by atoms with Gasteiger partial charge in [-0.3, -0.25) is 9.59 Å². The summed E-state index contributed by atoms with van der Waals surface area (Å²) in [5.74, 6) is -2.63. The first kappa shape index (κ1) is 16.3. The van der Waals surface area contributed by atoms with Gasteiger partial charge >= 0.3 is 0 Å². The van der Waals surface area contributed by atoms with Gasteiger partial charge in [0, 0.05) is 12.6 Å². The number of Topliss-reactive ketones (excluding diaryl/α,β-unsaturated/α-hetero) is 1. The van der Waals surface area contributed by atoms with Gasteiger partial charge in [-0.2, -0.15) is 5.26 Å². The number of nitrogens with one attached hydrogen (secondary N) is 1. The SMILES string of the molecule is N#C[C@H](C(=O)Nc1ccccn1)C(=O)C1=NO[C@@H](c2ccccc2)C1. The molecule has 0 unspecified atom stereocenters. The minimum absolute atomic E-state index is 0.0802. The number of aromatic nitrogens is 1. The maximum Gasteiger partial charge on any atom is 0.250 e. The van der Waals surface area contributed by atoms with Crippen LogP contribution in [0.15, 0.2) is 59.9 Å². The van der Waals surface area contributed by atoms with Crippen LogP contribution in [-0.4, -0.2) is 22.4 Å². The highest BCUT2D eigenvalue weighted by atomic mass is 16.6. The van der Waals surface area contributed by atoms with Crippen LogP contribution in [-0.2, 0) is 14.4 Å². The summed E-state index contributed by atoms with van der Waals surface area (Å²) in [5.41, 5.74) is 0.956. The van der Waals surface area contributed by atoms with E-state index in [0.29, 0.717) is 0 Å². The summed E-state index contributed by atoms with van der Waals surface area (Å²) in [6.07, 6.45) is 1.33. The van der Waals surface area contributed by atoms with Crippen LogP contribution in [0.1, 0.15) is 18.1 Å². The van der Waals surface area contributed by atoms with Gasteiger partial charge in [0.15, 0.2) is 12.0 Å². The molecule has 1 aromatic carbocycles. The molecule has 0 spiro atoms. The number of hydrogen-bond acceptors (Lipinski definition) is 6. The van der Waals surface area contributed by atoms with Crippen molar-refractivity contribution in [2.75, 3.05) is 5.32 Å².